The standard InChI is InChI=1S/C12H21N3O2/c1-4-6-13-7-10-8-14-11(15-12(10)16)9(3)17-5-2/h8-9,13H,4-7H2,1-3H3,(H,14,15,16). The van der Waals surface area contributed by atoms with Gasteiger partial charge in [-0.15, -0.1) is 0 Å². The topological polar surface area (TPSA) is 67.0 Å². The fourth-order valence-corrected chi connectivity index (χ4v) is 1.50. The fourth-order valence-electron chi connectivity index (χ4n) is 1.50. The fraction of sp³-hybridized carbons (Fsp3) is 0.667. The molecule has 1 aromatic rings. The normalized spacial score (nSPS) is 12.6. The molecule has 1 unspecified atom stereocenters. The lowest BCUT2D eigenvalue weighted by Gasteiger charge is -2.11. The van der Waals surface area contributed by atoms with Crippen LogP contribution in [0.3, 0.4) is 0 Å². The van der Waals surface area contributed by atoms with Crippen LogP contribution >= 0.6 is 0 Å². The zero-order valence-corrected chi connectivity index (χ0v) is 10.7. The summed E-state index contributed by atoms with van der Waals surface area (Å²) in [4.78, 5) is 18.7. The predicted octanol–water partition coefficient (Wildman–Crippen LogP) is 1.37. The van der Waals surface area contributed by atoms with Crippen LogP contribution < -0.4 is 10.9 Å². The Labute approximate surface area is 102 Å². The molecule has 0 bridgehead atoms. The first kappa shape index (κ1) is 13.9. The number of ether oxygens (including phenoxy) is 1. The van der Waals surface area contributed by atoms with E-state index in [1.165, 1.54) is 0 Å². The van der Waals surface area contributed by atoms with Crippen LogP contribution in [0.1, 0.15) is 44.7 Å². The van der Waals surface area contributed by atoms with E-state index >= 15 is 0 Å². The lowest BCUT2D eigenvalue weighted by molar-refractivity contribution is 0.0698. The molecule has 0 aliphatic rings. The number of nitrogens with one attached hydrogen (secondary N) is 2. The monoisotopic (exact) mass is 239 g/mol. The number of nitrogens with zero attached hydrogens (tertiary/aromatic N) is 1. The SMILES string of the molecule is CCCNCc1cnc(C(C)OCC)[nH]c1=O. The maximum atomic E-state index is 11.8. The largest absolute Gasteiger partial charge is 0.371 e. The zero-order valence-electron chi connectivity index (χ0n) is 10.7. The molecule has 0 amide bonds. The van der Waals surface area contributed by atoms with Gasteiger partial charge in [-0.1, -0.05) is 6.92 Å². The van der Waals surface area contributed by atoms with Gasteiger partial charge in [-0.05, 0) is 26.8 Å². The Kier molecular flexibility index (Phi) is 5.86. The third-order valence-corrected chi connectivity index (χ3v) is 2.44. The van der Waals surface area contributed by atoms with Gasteiger partial charge in [0.15, 0.2) is 0 Å². The van der Waals surface area contributed by atoms with Crippen molar-refractivity contribution >= 4 is 0 Å². The summed E-state index contributed by atoms with van der Waals surface area (Å²) in [5, 5.41) is 3.17. The third kappa shape index (κ3) is 4.28. The average molecular weight is 239 g/mol. The number of aromatic nitrogens is 2. The zero-order chi connectivity index (χ0) is 12.7. The average Bonchev–Trinajstić information content (AvgIpc) is 2.31. The Morgan fingerprint density at radius 3 is 2.88 bits per heavy atom. The van der Waals surface area contributed by atoms with Crippen molar-refractivity contribution in [1.29, 1.82) is 0 Å². The highest BCUT2D eigenvalue weighted by Crippen LogP contribution is 2.09. The van der Waals surface area contributed by atoms with Crippen LogP contribution in [-0.2, 0) is 11.3 Å². The molecule has 0 saturated carbocycles. The van der Waals surface area contributed by atoms with E-state index < -0.39 is 0 Å². The summed E-state index contributed by atoms with van der Waals surface area (Å²) in [6, 6.07) is 0. The van der Waals surface area contributed by atoms with Crippen molar-refractivity contribution in [1.82, 2.24) is 15.3 Å². The van der Waals surface area contributed by atoms with Gasteiger partial charge >= 0.3 is 0 Å². The Bertz CT molecular complexity index is 390. The maximum Gasteiger partial charge on any atom is 0.255 e. The minimum Gasteiger partial charge on any atom is -0.371 e. The van der Waals surface area contributed by atoms with Crippen molar-refractivity contribution in [3.8, 4) is 0 Å². The van der Waals surface area contributed by atoms with Gasteiger partial charge in [0.25, 0.3) is 5.56 Å². The van der Waals surface area contributed by atoms with Crippen molar-refractivity contribution in [3.63, 3.8) is 0 Å². The summed E-state index contributed by atoms with van der Waals surface area (Å²) in [6.45, 7) is 7.93. The van der Waals surface area contributed by atoms with E-state index in [-0.39, 0.29) is 11.7 Å². The third-order valence-electron chi connectivity index (χ3n) is 2.44. The summed E-state index contributed by atoms with van der Waals surface area (Å²) in [6.07, 6.45) is 2.49. The Morgan fingerprint density at radius 2 is 2.29 bits per heavy atom. The number of rotatable bonds is 7. The molecule has 0 fully saturated rings. The van der Waals surface area contributed by atoms with Gasteiger partial charge in [-0.25, -0.2) is 4.98 Å². The van der Waals surface area contributed by atoms with E-state index in [4.69, 9.17) is 4.74 Å². The van der Waals surface area contributed by atoms with E-state index in [0.717, 1.165) is 13.0 Å². The molecule has 0 saturated heterocycles. The summed E-state index contributed by atoms with van der Waals surface area (Å²) >= 11 is 0. The number of hydrogen-bond donors (Lipinski definition) is 2. The van der Waals surface area contributed by atoms with Gasteiger partial charge < -0.3 is 15.0 Å². The second-order valence-electron chi connectivity index (χ2n) is 3.90. The van der Waals surface area contributed by atoms with Gasteiger partial charge in [-0.2, -0.15) is 0 Å². The summed E-state index contributed by atoms with van der Waals surface area (Å²) in [5.41, 5.74) is 0.566. The van der Waals surface area contributed by atoms with Crippen LogP contribution in [0.15, 0.2) is 11.0 Å². The molecule has 1 heterocycles. The molecule has 0 aliphatic carbocycles. The molecule has 0 aliphatic heterocycles. The second-order valence-corrected chi connectivity index (χ2v) is 3.90. The highest BCUT2D eigenvalue weighted by atomic mass is 16.5. The first-order valence-corrected chi connectivity index (χ1v) is 6.09. The molecule has 5 heteroatoms. The second kappa shape index (κ2) is 7.19. The lowest BCUT2D eigenvalue weighted by atomic mass is 10.3. The number of aromatic amines is 1. The molecule has 0 spiro atoms. The molecular weight excluding hydrogens is 218 g/mol. The molecule has 17 heavy (non-hydrogen) atoms. The quantitative estimate of drug-likeness (QED) is 0.705. The van der Waals surface area contributed by atoms with E-state index in [1.54, 1.807) is 6.20 Å². The highest BCUT2D eigenvalue weighted by Gasteiger charge is 2.09. The van der Waals surface area contributed by atoms with Crippen molar-refractivity contribution in [3.05, 3.63) is 27.9 Å². The van der Waals surface area contributed by atoms with Crippen LogP contribution in [0.2, 0.25) is 0 Å². The van der Waals surface area contributed by atoms with Crippen LogP contribution in [0, 0.1) is 0 Å². The van der Waals surface area contributed by atoms with Crippen molar-refractivity contribution < 1.29 is 4.74 Å². The summed E-state index contributed by atoms with van der Waals surface area (Å²) in [7, 11) is 0. The first-order chi connectivity index (χ1) is 8.19. The Balaban J connectivity index is 2.69. The molecule has 0 radical (unpaired) electrons. The maximum absolute atomic E-state index is 11.8. The summed E-state index contributed by atoms with van der Waals surface area (Å²) in [5.74, 6) is 0.580. The van der Waals surface area contributed by atoms with E-state index in [1.807, 2.05) is 13.8 Å². The van der Waals surface area contributed by atoms with Gasteiger partial charge in [0.2, 0.25) is 0 Å². The molecule has 0 aromatic carbocycles. The molecule has 5 nitrogen and oxygen atoms in total. The van der Waals surface area contributed by atoms with Crippen LogP contribution in [-0.4, -0.2) is 23.1 Å². The van der Waals surface area contributed by atoms with Gasteiger partial charge in [0.05, 0.1) is 0 Å². The molecule has 1 aromatic heterocycles. The van der Waals surface area contributed by atoms with Crippen LogP contribution in [0.25, 0.3) is 0 Å². The molecule has 1 atom stereocenters. The minimum absolute atomic E-state index is 0.0924. The van der Waals surface area contributed by atoms with E-state index in [0.29, 0.717) is 24.5 Å². The smallest absolute Gasteiger partial charge is 0.255 e. The van der Waals surface area contributed by atoms with E-state index in [9.17, 15) is 4.79 Å². The Hall–Kier alpha value is -1.20. The molecule has 96 valence electrons. The Morgan fingerprint density at radius 1 is 1.53 bits per heavy atom. The lowest BCUT2D eigenvalue weighted by Crippen LogP contribution is -2.24. The van der Waals surface area contributed by atoms with Crippen molar-refractivity contribution in [2.75, 3.05) is 13.2 Å². The first-order valence-electron chi connectivity index (χ1n) is 6.09. The number of H-pyrrole nitrogens is 1. The van der Waals surface area contributed by atoms with E-state index in [2.05, 4.69) is 22.2 Å². The predicted molar refractivity (Wildman–Crippen MR) is 66.9 cm³/mol. The van der Waals surface area contributed by atoms with Gasteiger partial charge in [-0.3, -0.25) is 4.79 Å². The van der Waals surface area contributed by atoms with Crippen molar-refractivity contribution in [2.45, 2.75) is 39.8 Å². The number of hydrogen-bond acceptors (Lipinski definition) is 4. The highest BCUT2D eigenvalue weighted by molar-refractivity contribution is 5.06. The van der Waals surface area contributed by atoms with Crippen LogP contribution in [0.5, 0.6) is 0 Å². The van der Waals surface area contributed by atoms with Gasteiger partial charge in [0.1, 0.15) is 11.9 Å². The van der Waals surface area contributed by atoms with Crippen molar-refractivity contribution in [2.24, 2.45) is 0 Å². The molecule has 1 rings (SSSR count). The molecular formula is C12H21N3O2. The minimum atomic E-state index is -0.176. The van der Waals surface area contributed by atoms with Gasteiger partial charge in [0, 0.05) is 24.9 Å². The molecule has 2 N–H and O–H groups in total. The summed E-state index contributed by atoms with van der Waals surface area (Å²) < 4.78 is 5.37. The van der Waals surface area contributed by atoms with Crippen LogP contribution in [0.4, 0.5) is 0 Å².